The summed E-state index contributed by atoms with van der Waals surface area (Å²) >= 11 is 0. The second-order valence-corrected chi connectivity index (χ2v) is 38.3. The van der Waals surface area contributed by atoms with E-state index in [0.29, 0.717) is 0 Å². The Morgan fingerprint density at radius 1 is 0.164 bits per heavy atom. The van der Waals surface area contributed by atoms with Gasteiger partial charge in [0.15, 0.2) is 0 Å². The van der Waals surface area contributed by atoms with Crippen LogP contribution in [0.4, 0.5) is 56.9 Å². The molecule has 0 atom stereocenters. The van der Waals surface area contributed by atoms with Gasteiger partial charge in [-0.15, -0.1) is 0 Å². The van der Waals surface area contributed by atoms with E-state index in [1.54, 1.807) is 0 Å². The number of hydrogen-bond acceptors (Lipinski definition) is 5. The van der Waals surface area contributed by atoms with E-state index < -0.39 is 8.07 Å². The van der Waals surface area contributed by atoms with Gasteiger partial charge in [0.25, 0.3) is 0 Å². The Balaban J connectivity index is 0.000000113. The van der Waals surface area contributed by atoms with Crippen molar-refractivity contribution < 1.29 is 0 Å². The zero-order valence-electron chi connectivity index (χ0n) is 70.6. The molecule has 23 rings (SSSR count). The third-order valence-electron chi connectivity index (χ3n) is 26.4. The first kappa shape index (κ1) is 74.9. The summed E-state index contributed by atoms with van der Waals surface area (Å²) in [6.07, 6.45) is 0. The van der Waals surface area contributed by atoms with Crippen molar-refractivity contribution in [1.82, 2.24) is 0 Å². The van der Waals surface area contributed by atoms with Crippen LogP contribution in [0.1, 0.15) is 16.7 Å². The average Bonchev–Trinajstić information content (AvgIpc) is 0.723. The summed E-state index contributed by atoms with van der Waals surface area (Å²) in [5.41, 5.74) is 34.0. The van der Waals surface area contributed by atoms with E-state index in [9.17, 15) is 0 Å². The molecule has 0 amide bonds. The quantitative estimate of drug-likeness (QED) is 0.116. The summed E-state index contributed by atoms with van der Waals surface area (Å²) in [4.78, 5) is 11.7. The van der Waals surface area contributed by atoms with Crippen LogP contribution < -0.4 is 34.9 Å². The highest BCUT2D eigenvalue weighted by atomic mass is 28.3. The van der Waals surface area contributed by atoms with Crippen molar-refractivity contribution in [2.24, 2.45) is 0 Å². The highest BCUT2D eigenvalue weighted by Crippen LogP contribution is 2.54. The molecular formula is C116H93N5Si. The Morgan fingerprint density at radius 3 is 0.869 bits per heavy atom. The minimum absolute atomic E-state index is 1.21. The Kier molecular flexibility index (Phi) is 18.5. The first-order valence-corrected chi connectivity index (χ1v) is 45.6. The molecule has 5 nitrogen and oxygen atoms in total. The molecule has 586 valence electrons. The molecule has 0 saturated carbocycles. The van der Waals surface area contributed by atoms with Crippen molar-refractivity contribution in [2.45, 2.75) is 33.9 Å². The summed E-state index contributed by atoms with van der Waals surface area (Å²) in [7, 11) is 9.07. The fraction of sp³-hybridized carbons (Fsp3) is 0.0862. The SMILES string of the molecule is Cc1ccc2c(-c3ccc(-c4ccccc4)cc3)c3ccccc3c(-c3ccc4c(c3)N(C)c3ccccc3[Si]4(C)C)c2c1.Cc1ccc2c(-c3ccc4ccccc4c3)c3ccccc3c(-c3ccc4c(c3)N(C)c3ccccc3N4C)c2c1.Cc1ccc2c(-c3ccccc3)c3ccccc3c(-c3ccc4c(c3)N(C)c3ccccc3N4C)c2c1. The van der Waals surface area contributed by atoms with Crippen molar-refractivity contribution in [3.05, 3.63) is 399 Å². The van der Waals surface area contributed by atoms with Crippen LogP contribution >= 0.6 is 0 Å². The average molecular weight is 1590 g/mol. The highest BCUT2D eigenvalue weighted by molar-refractivity contribution is 7.02. The largest absolute Gasteiger partial charge is 0.345 e. The van der Waals surface area contributed by atoms with Gasteiger partial charge < -0.3 is 24.5 Å². The molecule has 0 aromatic heterocycles. The zero-order chi connectivity index (χ0) is 82.8. The van der Waals surface area contributed by atoms with Gasteiger partial charge in [0.1, 0.15) is 8.07 Å². The van der Waals surface area contributed by atoms with E-state index in [2.05, 4.69) is 476 Å². The fourth-order valence-corrected chi connectivity index (χ4v) is 23.3. The summed E-state index contributed by atoms with van der Waals surface area (Å²) < 4.78 is 0. The van der Waals surface area contributed by atoms with Crippen molar-refractivity contribution in [3.63, 3.8) is 0 Å². The van der Waals surface area contributed by atoms with Crippen LogP contribution in [0, 0.1) is 20.8 Å². The second-order valence-electron chi connectivity index (χ2n) is 34.0. The van der Waals surface area contributed by atoms with E-state index in [0.717, 1.165) is 0 Å². The predicted molar refractivity (Wildman–Crippen MR) is 531 cm³/mol. The molecule has 3 aliphatic rings. The predicted octanol–water partition coefficient (Wildman–Crippen LogP) is 30.3. The van der Waals surface area contributed by atoms with Crippen molar-refractivity contribution in [2.75, 3.05) is 59.7 Å². The third kappa shape index (κ3) is 12.5. The molecule has 0 aliphatic carbocycles. The summed E-state index contributed by atoms with van der Waals surface area (Å²) in [5.74, 6) is 0. The molecule has 0 fully saturated rings. The van der Waals surface area contributed by atoms with Crippen LogP contribution in [0.2, 0.25) is 13.1 Å². The molecule has 0 bridgehead atoms. The number of benzene rings is 20. The Hall–Kier alpha value is -14.6. The van der Waals surface area contributed by atoms with Crippen LogP contribution in [0.25, 0.3) is 153 Å². The number of nitrogens with zero attached hydrogens (tertiary/aromatic N) is 5. The number of aryl methyl sites for hydroxylation is 3. The molecule has 0 unspecified atom stereocenters. The van der Waals surface area contributed by atoms with Gasteiger partial charge in [0.05, 0.1) is 45.5 Å². The zero-order valence-corrected chi connectivity index (χ0v) is 71.6. The van der Waals surface area contributed by atoms with Crippen LogP contribution in [0.5, 0.6) is 0 Å². The Morgan fingerprint density at radius 2 is 0.426 bits per heavy atom. The van der Waals surface area contributed by atoms with E-state index in [1.165, 1.54) is 237 Å². The van der Waals surface area contributed by atoms with E-state index in [-0.39, 0.29) is 0 Å². The van der Waals surface area contributed by atoms with Crippen molar-refractivity contribution in [1.29, 1.82) is 0 Å². The highest BCUT2D eigenvalue weighted by Gasteiger charge is 2.38. The maximum Gasteiger partial charge on any atom is 0.117 e. The Bertz CT molecular complexity index is 7620. The maximum atomic E-state index is 2.49. The van der Waals surface area contributed by atoms with E-state index in [1.807, 2.05) is 0 Å². The van der Waals surface area contributed by atoms with Gasteiger partial charge in [-0.25, -0.2) is 0 Å². The number of fused-ring (bicyclic) bond motifs is 13. The van der Waals surface area contributed by atoms with Crippen LogP contribution in [0.15, 0.2) is 382 Å². The number of anilines is 10. The molecule has 3 aliphatic heterocycles. The smallest absolute Gasteiger partial charge is 0.117 e. The molecule has 3 heterocycles. The van der Waals surface area contributed by atoms with Gasteiger partial charge in [-0.2, -0.15) is 0 Å². The molecule has 6 heteroatoms. The van der Waals surface area contributed by atoms with E-state index >= 15 is 0 Å². The summed E-state index contributed by atoms with van der Waals surface area (Å²) in [5, 5.41) is 21.0. The van der Waals surface area contributed by atoms with Crippen molar-refractivity contribution in [3.8, 4) is 77.9 Å². The van der Waals surface area contributed by atoms with Crippen LogP contribution in [0.3, 0.4) is 0 Å². The first-order valence-electron chi connectivity index (χ1n) is 42.6. The monoisotopic (exact) mass is 1580 g/mol. The lowest BCUT2D eigenvalue weighted by molar-refractivity contribution is 1.10. The fourth-order valence-electron chi connectivity index (χ4n) is 20.3. The molecule has 0 N–H and O–H groups in total. The van der Waals surface area contributed by atoms with Gasteiger partial charge in [0.2, 0.25) is 0 Å². The van der Waals surface area contributed by atoms with E-state index in [4.69, 9.17) is 0 Å². The Labute approximate surface area is 716 Å². The van der Waals surface area contributed by atoms with Crippen LogP contribution in [-0.2, 0) is 0 Å². The lowest BCUT2D eigenvalue weighted by Crippen LogP contribution is -2.58. The van der Waals surface area contributed by atoms with Gasteiger partial charge in [0, 0.05) is 46.6 Å². The molecule has 0 saturated heterocycles. The molecule has 0 spiro atoms. The molecule has 20 aromatic carbocycles. The first-order chi connectivity index (χ1) is 59.6. The number of rotatable bonds is 7. The normalized spacial score (nSPS) is 13.0. The molecular weight excluding hydrogens is 1490 g/mol. The van der Waals surface area contributed by atoms with Gasteiger partial charge in [-0.05, 0) is 251 Å². The maximum absolute atomic E-state index is 2.49. The third-order valence-corrected chi connectivity index (χ3v) is 29.9. The number of para-hydroxylation sites is 5. The lowest BCUT2D eigenvalue weighted by atomic mass is 9.85. The number of hydrogen-bond donors (Lipinski definition) is 0. The van der Waals surface area contributed by atoms with Gasteiger partial charge >= 0.3 is 0 Å². The minimum atomic E-state index is -1.84. The van der Waals surface area contributed by atoms with Crippen molar-refractivity contribution >= 4 is 151 Å². The molecule has 20 aromatic rings. The standard InChI is InChI=1S/C42H35NSi.C39H30N2.C35H28N2/c1-28-18-24-35-36(26-28)42(32-23-25-40-38(27-32)43(2)37-16-10-11-17-39(37)44(40,3)4)34-15-9-8-14-33(34)41(35)31-21-19-30(20-22-31)29-12-6-5-7-13-29;1-25-16-20-32-33(22-25)39(29-19-21-36-37(24-29)41(3)35-15-9-8-14-34(35)40(36)2)31-13-7-6-12-30(31)38(32)28-18-17-26-10-4-5-11-27(26)23-28;1-23-17-19-28-29(21-23)35(27-14-8-7-13-26(27)34(28)24-11-5-4-6-12-24)25-18-20-32-33(22-25)37(3)31-16-10-9-15-30(31)36(32)2/h5-27H,1-4H3;4-24H,1-3H3;4-22H,1-3H3. The van der Waals surface area contributed by atoms with Crippen LogP contribution in [-0.4, -0.2) is 43.3 Å². The lowest BCUT2D eigenvalue weighted by Gasteiger charge is -2.39. The molecule has 0 radical (unpaired) electrons. The molecule has 122 heavy (non-hydrogen) atoms. The minimum Gasteiger partial charge on any atom is -0.345 e. The summed E-state index contributed by atoms with van der Waals surface area (Å²) in [6, 6.07) is 141. The second kappa shape index (κ2) is 30.0. The topological polar surface area (TPSA) is 16.2 Å². The van der Waals surface area contributed by atoms with Gasteiger partial charge in [-0.3, -0.25) is 0 Å². The summed E-state index contributed by atoms with van der Waals surface area (Å²) in [6.45, 7) is 11.6. The van der Waals surface area contributed by atoms with Gasteiger partial charge in [-0.1, -0.05) is 345 Å².